The van der Waals surface area contributed by atoms with E-state index in [0.717, 1.165) is 16.6 Å². The Morgan fingerprint density at radius 1 is 1.48 bits per heavy atom. The Balaban J connectivity index is 2.01. The molecule has 0 radical (unpaired) electrons. The van der Waals surface area contributed by atoms with Crippen LogP contribution in [0.4, 0.5) is 9.18 Å². The summed E-state index contributed by atoms with van der Waals surface area (Å²) in [6.45, 7) is 6.38. The van der Waals surface area contributed by atoms with E-state index in [1.54, 1.807) is 19.2 Å². The van der Waals surface area contributed by atoms with Crippen molar-refractivity contribution in [2.45, 2.75) is 38.3 Å². The summed E-state index contributed by atoms with van der Waals surface area (Å²) >= 11 is 4.93. The van der Waals surface area contributed by atoms with Crippen molar-refractivity contribution in [3.05, 3.63) is 34.1 Å². The van der Waals surface area contributed by atoms with Crippen LogP contribution >= 0.6 is 27.7 Å². The molecule has 2 aliphatic heterocycles. The van der Waals surface area contributed by atoms with Gasteiger partial charge in [0, 0.05) is 35.4 Å². The molecule has 3 rings (SSSR count). The number of amides is 1. The minimum Gasteiger partial charge on any atom is -0.443 e. The van der Waals surface area contributed by atoms with E-state index in [2.05, 4.69) is 15.9 Å². The highest BCUT2D eigenvalue weighted by Gasteiger charge is 2.48. The molecule has 1 aromatic carbocycles. The van der Waals surface area contributed by atoms with Gasteiger partial charge >= 0.3 is 6.09 Å². The van der Waals surface area contributed by atoms with Crippen molar-refractivity contribution in [2.24, 2.45) is 10.9 Å². The smallest absolute Gasteiger partial charge is 0.416 e. The van der Waals surface area contributed by atoms with Gasteiger partial charge in [-0.05, 0) is 45.4 Å². The molecule has 5 nitrogen and oxygen atoms in total. The third kappa shape index (κ3) is 4.32. The fourth-order valence-electron chi connectivity index (χ4n) is 3.30. The lowest BCUT2D eigenvalue weighted by Crippen LogP contribution is -2.49. The summed E-state index contributed by atoms with van der Waals surface area (Å²) in [6, 6.07) is 4.87. The van der Waals surface area contributed by atoms with Crippen molar-refractivity contribution < 1.29 is 18.7 Å². The number of carbonyl (C=O) groups is 1. The Morgan fingerprint density at radius 2 is 2.22 bits per heavy atom. The van der Waals surface area contributed by atoms with E-state index >= 15 is 0 Å². The first-order valence-electron chi connectivity index (χ1n) is 8.85. The van der Waals surface area contributed by atoms with Gasteiger partial charge in [-0.3, -0.25) is 4.90 Å². The van der Waals surface area contributed by atoms with Crippen LogP contribution in [0.2, 0.25) is 0 Å². The van der Waals surface area contributed by atoms with E-state index in [1.807, 2.05) is 20.8 Å². The molecule has 1 amide bonds. The lowest BCUT2D eigenvalue weighted by Gasteiger charge is -2.45. The van der Waals surface area contributed by atoms with Crippen molar-refractivity contribution in [1.29, 1.82) is 0 Å². The number of rotatable bonds is 1. The zero-order valence-corrected chi connectivity index (χ0v) is 18.3. The molecule has 1 saturated heterocycles. The summed E-state index contributed by atoms with van der Waals surface area (Å²) in [4.78, 5) is 18.8. The van der Waals surface area contributed by atoms with Crippen molar-refractivity contribution in [3.63, 3.8) is 0 Å². The van der Waals surface area contributed by atoms with Crippen LogP contribution in [-0.4, -0.2) is 47.8 Å². The number of ether oxygens (including phenoxy) is 2. The van der Waals surface area contributed by atoms with Gasteiger partial charge in [-0.25, -0.2) is 14.2 Å². The largest absolute Gasteiger partial charge is 0.443 e. The van der Waals surface area contributed by atoms with Crippen LogP contribution in [-0.2, 0) is 15.0 Å². The highest BCUT2D eigenvalue weighted by molar-refractivity contribution is 9.10. The number of nitrogens with zero attached hydrogens (tertiary/aromatic N) is 2. The first kappa shape index (κ1) is 20.6. The second kappa shape index (κ2) is 7.72. The van der Waals surface area contributed by atoms with Gasteiger partial charge in [-0.1, -0.05) is 27.7 Å². The zero-order chi connectivity index (χ0) is 19.8. The number of hydrogen-bond donors (Lipinski definition) is 0. The molecule has 2 unspecified atom stereocenters. The van der Waals surface area contributed by atoms with Gasteiger partial charge in [0.15, 0.2) is 5.17 Å². The molecule has 0 aliphatic carbocycles. The predicted molar refractivity (Wildman–Crippen MR) is 109 cm³/mol. The second-order valence-electron chi connectivity index (χ2n) is 7.83. The number of thioether (sulfide) groups is 1. The number of benzene rings is 1. The van der Waals surface area contributed by atoms with Crippen molar-refractivity contribution in [1.82, 2.24) is 4.90 Å². The molecule has 1 fully saturated rings. The van der Waals surface area contributed by atoms with Gasteiger partial charge in [-0.2, -0.15) is 0 Å². The van der Waals surface area contributed by atoms with Gasteiger partial charge in [0.1, 0.15) is 17.0 Å². The van der Waals surface area contributed by atoms with E-state index in [9.17, 15) is 9.18 Å². The molecule has 0 aromatic heterocycles. The highest BCUT2D eigenvalue weighted by Crippen LogP contribution is 2.46. The number of aliphatic imine (C=N–C) groups is 1. The Bertz CT molecular complexity index is 768. The van der Waals surface area contributed by atoms with E-state index in [1.165, 1.54) is 22.7 Å². The summed E-state index contributed by atoms with van der Waals surface area (Å²) in [5.41, 5.74) is -0.948. The first-order valence-corrected chi connectivity index (χ1v) is 10.6. The van der Waals surface area contributed by atoms with Crippen LogP contribution in [0.5, 0.6) is 0 Å². The topological polar surface area (TPSA) is 51.1 Å². The second-order valence-corrected chi connectivity index (χ2v) is 9.73. The molecule has 0 saturated carbocycles. The summed E-state index contributed by atoms with van der Waals surface area (Å²) in [7, 11) is 1.63. The van der Waals surface area contributed by atoms with Crippen LogP contribution in [0, 0.1) is 11.7 Å². The van der Waals surface area contributed by atoms with Gasteiger partial charge in [0.05, 0.1) is 6.61 Å². The highest BCUT2D eigenvalue weighted by atomic mass is 79.9. The Kier molecular flexibility index (Phi) is 5.89. The quantitative estimate of drug-likeness (QED) is 0.606. The lowest BCUT2D eigenvalue weighted by molar-refractivity contribution is 0.00202. The van der Waals surface area contributed by atoms with Gasteiger partial charge in [-0.15, -0.1) is 0 Å². The first-order chi connectivity index (χ1) is 12.6. The summed E-state index contributed by atoms with van der Waals surface area (Å²) in [5, 5.41) is 0.519. The van der Waals surface area contributed by atoms with Crippen LogP contribution in [0.3, 0.4) is 0 Å². The molecular formula is C19H24BrFN2O3S. The molecule has 0 N–H and O–H groups in total. The molecule has 2 atom stereocenters. The van der Waals surface area contributed by atoms with Gasteiger partial charge < -0.3 is 9.47 Å². The molecule has 2 aliphatic rings. The van der Waals surface area contributed by atoms with E-state index in [4.69, 9.17) is 14.5 Å². The maximum atomic E-state index is 14.8. The number of halogens is 2. The molecule has 0 bridgehead atoms. The summed E-state index contributed by atoms with van der Waals surface area (Å²) in [6.07, 6.45) is 0.320. The normalized spacial score (nSPS) is 25.4. The Hall–Kier alpha value is -1.12. The van der Waals surface area contributed by atoms with Gasteiger partial charge in [0.25, 0.3) is 0 Å². The average molecular weight is 459 g/mol. The molecule has 8 heteroatoms. The van der Waals surface area contributed by atoms with E-state index < -0.39 is 17.2 Å². The van der Waals surface area contributed by atoms with E-state index in [-0.39, 0.29) is 18.3 Å². The zero-order valence-electron chi connectivity index (χ0n) is 15.9. The van der Waals surface area contributed by atoms with Crippen molar-refractivity contribution in [2.75, 3.05) is 26.0 Å². The fraction of sp³-hybridized carbons (Fsp3) is 0.579. The van der Waals surface area contributed by atoms with Crippen molar-refractivity contribution >= 4 is 39.0 Å². The molecule has 2 heterocycles. The maximum Gasteiger partial charge on any atom is 0.416 e. The minimum absolute atomic E-state index is 0.135. The van der Waals surface area contributed by atoms with Crippen LogP contribution in [0.15, 0.2) is 27.7 Å². The number of amidine groups is 1. The molecule has 27 heavy (non-hydrogen) atoms. The maximum absolute atomic E-state index is 14.8. The van der Waals surface area contributed by atoms with Gasteiger partial charge in [0.2, 0.25) is 0 Å². The van der Waals surface area contributed by atoms with Crippen molar-refractivity contribution in [3.8, 4) is 0 Å². The average Bonchev–Trinajstić information content (AvgIpc) is 2.61. The predicted octanol–water partition coefficient (Wildman–Crippen LogP) is 4.79. The monoisotopic (exact) mass is 458 g/mol. The van der Waals surface area contributed by atoms with E-state index in [0.29, 0.717) is 17.3 Å². The number of hydrogen-bond acceptors (Lipinski definition) is 5. The number of fused-ring (bicyclic) bond motifs is 1. The Labute approximate surface area is 171 Å². The van der Waals surface area contributed by atoms with Crippen LogP contribution in [0.1, 0.15) is 32.8 Å². The van der Waals surface area contributed by atoms with Crippen LogP contribution < -0.4 is 0 Å². The standard InChI is InChI=1S/C19H24BrFN2O3S/c1-18(2,3)26-17(24)23(4)16-22-19(11-25-8-7-12(19)10-27-16)14-9-13(20)5-6-15(14)21/h5-6,9,12H,7-8,10-11H2,1-4H3. The third-order valence-corrected chi connectivity index (χ3v) is 6.35. The molecule has 0 spiro atoms. The summed E-state index contributed by atoms with van der Waals surface area (Å²) < 4.78 is 26.7. The molecule has 148 valence electrons. The lowest BCUT2D eigenvalue weighted by atomic mass is 9.76. The fourth-order valence-corrected chi connectivity index (χ4v) is 4.95. The molecular weight excluding hydrogens is 435 g/mol. The number of carbonyl (C=O) groups excluding carboxylic acids is 1. The Morgan fingerprint density at radius 3 is 2.93 bits per heavy atom. The molecule has 1 aromatic rings. The minimum atomic E-state index is -0.844. The van der Waals surface area contributed by atoms with Crippen LogP contribution in [0.25, 0.3) is 0 Å². The third-order valence-electron chi connectivity index (χ3n) is 4.67. The SMILES string of the molecule is CN(C(=O)OC(C)(C)C)C1=NC2(c3cc(Br)ccc3F)COCCC2CS1. The summed E-state index contributed by atoms with van der Waals surface area (Å²) in [5.74, 6) is 0.556.